The Morgan fingerprint density at radius 2 is 1.69 bits per heavy atom. The highest BCUT2D eigenvalue weighted by Crippen LogP contribution is 2.38. The highest BCUT2D eigenvalue weighted by atomic mass is 79.9. The Labute approximate surface area is 108 Å². The van der Waals surface area contributed by atoms with Gasteiger partial charge in [0.25, 0.3) is 0 Å². The van der Waals surface area contributed by atoms with E-state index in [0.717, 1.165) is 10.2 Å². The van der Waals surface area contributed by atoms with Crippen LogP contribution < -0.4 is 4.43 Å². The summed E-state index contributed by atoms with van der Waals surface area (Å²) < 4.78 is 7.24. The predicted molar refractivity (Wildman–Crippen MR) is 76.8 cm³/mol. The van der Waals surface area contributed by atoms with Gasteiger partial charge in [-0.3, -0.25) is 0 Å². The van der Waals surface area contributed by atoms with Crippen LogP contribution in [0.1, 0.15) is 26.3 Å². The largest absolute Gasteiger partial charge is 0.543 e. The maximum atomic E-state index is 6.18. The number of para-hydroxylation sites is 1. The van der Waals surface area contributed by atoms with Gasteiger partial charge < -0.3 is 4.43 Å². The van der Waals surface area contributed by atoms with Gasteiger partial charge in [-0.15, -0.1) is 0 Å². The maximum absolute atomic E-state index is 6.18. The van der Waals surface area contributed by atoms with Gasteiger partial charge >= 0.3 is 0 Å². The van der Waals surface area contributed by atoms with Crippen LogP contribution in [0.5, 0.6) is 5.75 Å². The van der Waals surface area contributed by atoms with E-state index in [-0.39, 0.29) is 5.41 Å². The van der Waals surface area contributed by atoms with Crippen LogP contribution in [0.15, 0.2) is 22.7 Å². The molecule has 0 unspecified atom stereocenters. The van der Waals surface area contributed by atoms with Crippen molar-refractivity contribution in [1.29, 1.82) is 0 Å². The van der Waals surface area contributed by atoms with Gasteiger partial charge in [0.15, 0.2) is 0 Å². The third kappa shape index (κ3) is 3.63. The summed E-state index contributed by atoms with van der Waals surface area (Å²) in [6.45, 7) is 13.3. The fourth-order valence-corrected chi connectivity index (χ4v) is 2.94. The van der Waals surface area contributed by atoms with E-state index in [1.165, 1.54) is 5.56 Å². The van der Waals surface area contributed by atoms with Crippen LogP contribution >= 0.6 is 15.9 Å². The monoisotopic (exact) mass is 300 g/mol. The first-order chi connectivity index (χ1) is 7.11. The lowest BCUT2D eigenvalue weighted by Gasteiger charge is -2.28. The molecule has 0 saturated carbocycles. The van der Waals surface area contributed by atoms with Gasteiger partial charge in [0, 0.05) is 0 Å². The molecule has 0 saturated heterocycles. The van der Waals surface area contributed by atoms with E-state index in [1.54, 1.807) is 0 Å². The molecule has 90 valence electrons. The Balaban J connectivity index is 3.25. The van der Waals surface area contributed by atoms with Gasteiger partial charge in [-0.1, -0.05) is 32.9 Å². The molecule has 0 aliphatic rings. The van der Waals surface area contributed by atoms with Crippen molar-refractivity contribution in [2.75, 3.05) is 0 Å². The molecular weight excluding hydrogens is 280 g/mol. The molecule has 1 nitrogen and oxygen atoms in total. The smallest absolute Gasteiger partial charge is 0.242 e. The molecule has 3 heteroatoms. The number of halogens is 1. The first-order valence-corrected chi connectivity index (χ1v) is 9.79. The Morgan fingerprint density at radius 3 is 2.12 bits per heavy atom. The minimum absolute atomic E-state index is 0.110. The van der Waals surface area contributed by atoms with Crippen molar-refractivity contribution in [2.45, 2.75) is 45.8 Å². The minimum Gasteiger partial charge on any atom is -0.543 e. The van der Waals surface area contributed by atoms with E-state index >= 15 is 0 Å². The van der Waals surface area contributed by atoms with Crippen molar-refractivity contribution >= 4 is 24.2 Å². The summed E-state index contributed by atoms with van der Waals surface area (Å²) in [7, 11) is -1.57. The summed E-state index contributed by atoms with van der Waals surface area (Å²) in [5.74, 6) is 1.02. The molecule has 1 aromatic carbocycles. The lowest BCUT2D eigenvalue weighted by Crippen LogP contribution is -2.31. The zero-order chi connectivity index (χ0) is 12.6. The van der Waals surface area contributed by atoms with Gasteiger partial charge in [0.05, 0.1) is 4.47 Å². The van der Waals surface area contributed by atoms with E-state index in [4.69, 9.17) is 4.43 Å². The number of hydrogen-bond acceptors (Lipinski definition) is 1. The zero-order valence-electron chi connectivity index (χ0n) is 11.0. The van der Waals surface area contributed by atoms with Gasteiger partial charge in [0.2, 0.25) is 8.32 Å². The Bertz CT molecular complexity index is 374. The van der Waals surface area contributed by atoms with E-state index in [0.29, 0.717) is 0 Å². The molecule has 0 radical (unpaired) electrons. The number of rotatable bonds is 2. The van der Waals surface area contributed by atoms with Crippen LogP contribution in [0.4, 0.5) is 0 Å². The second-order valence-electron chi connectivity index (χ2n) is 6.08. The zero-order valence-corrected chi connectivity index (χ0v) is 13.6. The normalized spacial score (nSPS) is 12.7. The first kappa shape index (κ1) is 13.8. The Kier molecular flexibility index (Phi) is 3.90. The molecule has 0 spiro atoms. The highest BCUT2D eigenvalue weighted by molar-refractivity contribution is 9.10. The topological polar surface area (TPSA) is 9.23 Å². The lowest BCUT2D eigenvalue weighted by molar-refractivity contribution is 0.505. The molecule has 0 aromatic heterocycles. The van der Waals surface area contributed by atoms with E-state index in [9.17, 15) is 0 Å². The quantitative estimate of drug-likeness (QED) is 0.701. The Morgan fingerprint density at radius 1 is 1.12 bits per heavy atom. The van der Waals surface area contributed by atoms with E-state index in [1.807, 2.05) is 6.07 Å². The number of benzene rings is 1. The van der Waals surface area contributed by atoms with Gasteiger partial charge in [-0.25, -0.2) is 0 Å². The fraction of sp³-hybridized carbons (Fsp3) is 0.538. The summed E-state index contributed by atoms with van der Waals surface area (Å²) in [6.07, 6.45) is 0. The maximum Gasteiger partial charge on any atom is 0.242 e. The SMILES string of the molecule is CC(C)(C)c1cccc(Br)c1O[Si](C)(C)C. The van der Waals surface area contributed by atoms with Crippen LogP contribution in [-0.4, -0.2) is 8.32 Å². The third-order valence-electron chi connectivity index (χ3n) is 2.18. The molecule has 1 aromatic rings. The molecule has 0 amide bonds. The second kappa shape index (κ2) is 4.53. The molecular formula is C13H21BrOSi. The van der Waals surface area contributed by atoms with Crippen molar-refractivity contribution in [3.8, 4) is 5.75 Å². The van der Waals surface area contributed by atoms with E-state index < -0.39 is 8.32 Å². The first-order valence-electron chi connectivity index (χ1n) is 5.59. The molecule has 0 aliphatic carbocycles. The van der Waals surface area contributed by atoms with E-state index in [2.05, 4.69) is 68.5 Å². The van der Waals surface area contributed by atoms with Crippen LogP contribution in [0.25, 0.3) is 0 Å². The molecule has 0 atom stereocenters. The predicted octanol–water partition coefficient (Wildman–Crippen LogP) is 4.96. The molecule has 0 N–H and O–H groups in total. The summed E-state index contributed by atoms with van der Waals surface area (Å²) in [6, 6.07) is 6.27. The Hall–Kier alpha value is -0.283. The second-order valence-corrected chi connectivity index (χ2v) is 11.4. The molecule has 16 heavy (non-hydrogen) atoms. The van der Waals surface area contributed by atoms with Gasteiger partial charge in [0.1, 0.15) is 5.75 Å². The van der Waals surface area contributed by atoms with Crippen LogP contribution in [0.2, 0.25) is 19.6 Å². The molecule has 1 rings (SSSR count). The van der Waals surface area contributed by atoms with Gasteiger partial charge in [-0.2, -0.15) is 0 Å². The van der Waals surface area contributed by atoms with Crippen molar-refractivity contribution < 1.29 is 4.43 Å². The molecule has 0 aliphatic heterocycles. The lowest BCUT2D eigenvalue weighted by atomic mass is 9.86. The highest BCUT2D eigenvalue weighted by Gasteiger charge is 2.25. The fourth-order valence-electron chi connectivity index (χ4n) is 1.51. The third-order valence-corrected chi connectivity index (χ3v) is 3.62. The molecule has 0 heterocycles. The summed E-state index contributed by atoms with van der Waals surface area (Å²) in [5, 5.41) is 0. The number of hydrogen-bond donors (Lipinski definition) is 0. The van der Waals surface area contributed by atoms with Crippen molar-refractivity contribution in [2.24, 2.45) is 0 Å². The van der Waals surface area contributed by atoms with Crippen LogP contribution in [0, 0.1) is 0 Å². The van der Waals surface area contributed by atoms with Crippen molar-refractivity contribution in [1.82, 2.24) is 0 Å². The van der Waals surface area contributed by atoms with Crippen LogP contribution in [0.3, 0.4) is 0 Å². The van der Waals surface area contributed by atoms with Gasteiger partial charge in [-0.05, 0) is 52.6 Å². The molecule has 0 fully saturated rings. The summed E-state index contributed by atoms with van der Waals surface area (Å²) in [4.78, 5) is 0. The minimum atomic E-state index is -1.57. The van der Waals surface area contributed by atoms with Crippen molar-refractivity contribution in [3.05, 3.63) is 28.2 Å². The molecule has 0 bridgehead atoms. The summed E-state index contributed by atoms with van der Waals surface area (Å²) in [5.41, 5.74) is 1.38. The average molecular weight is 301 g/mol. The summed E-state index contributed by atoms with van der Waals surface area (Å²) >= 11 is 3.59. The van der Waals surface area contributed by atoms with Crippen molar-refractivity contribution in [3.63, 3.8) is 0 Å². The standard InChI is InChI=1S/C13H21BrOSi/c1-13(2,3)10-8-7-9-11(14)12(10)15-16(4,5)6/h7-9H,1-6H3. The average Bonchev–Trinajstić information content (AvgIpc) is 2.04. The van der Waals surface area contributed by atoms with Crippen LogP contribution in [-0.2, 0) is 5.41 Å².